The zero-order valence-electron chi connectivity index (χ0n) is 11.4. The van der Waals surface area contributed by atoms with Crippen LogP contribution in [0.25, 0.3) is 0 Å². The minimum atomic E-state index is 0.603. The standard InChI is InChI=1S/C15H25NS/c1-12(2)15(13(3)16-4)10-11-17-14-8-6-5-7-9-14/h5-9,12-13,15-16H,10-11H2,1-4H3. The predicted molar refractivity (Wildman–Crippen MR) is 78.6 cm³/mol. The Morgan fingerprint density at radius 3 is 2.29 bits per heavy atom. The lowest BCUT2D eigenvalue weighted by Crippen LogP contribution is -2.34. The van der Waals surface area contributed by atoms with Gasteiger partial charge in [-0.3, -0.25) is 0 Å². The molecule has 0 bridgehead atoms. The van der Waals surface area contributed by atoms with Crippen molar-refractivity contribution in [3.8, 4) is 0 Å². The highest BCUT2D eigenvalue weighted by molar-refractivity contribution is 7.99. The van der Waals surface area contributed by atoms with Crippen molar-refractivity contribution in [2.24, 2.45) is 11.8 Å². The third-order valence-electron chi connectivity index (χ3n) is 3.42. The van der Waals surface area contributed by atoms with E-state index >= 15 is 0 Å². The maximum atomic E-state index is 3.39. The van der Waals surface area contributed by atoms with Gasteiger partial charge in [-0.25, -0.2) is 0 Å². The molecule has 0 spiro atoms. The van der Waals surface area contributed by atoms with Gasteiger partial charge >= 0.3 is 0 Å². The van der Waals surface area contributed by atoms with Gasteiger partial charge < -0.3 is 5.32 Å². The Hall–Kier alpha value is -0.470. The van der Waals surface area contributed by atoms with E-state index in [1.165, 1.54) is 17.1 Å². The van der Waals surface area contributed by atoms with Crippen molar-refractivity contribution in [3.63, 3.8) is 0 Å². The minimum Gasteiger partial charge on any atom is -0.317 e. The summed E-state index contributed by atoms with van der Waals surface area (Å²) in [5, 5.41) is 3.39. The molecule has 0 fully saturated rings. The van der Waals surface area contributed by atoms with Crippen LogP contribution in [0.4, 0.5) is 0 Å². The first-order valence-corrected chi connectivity index (χ1v) is 7.48. The topological polar surface area (TPSA) is 12.0 Å². The van der Waals surface area contributed by atoms with Crippen LogP contribution in [0.15, 0.2) is 35.2 Å². The van der Waals surface area contributed by atoms with Gasteiger partial charge in [0.2, 0.25) is 0 Å². The molecular weight excluding hydrogens is 226 g/mol. The molecular formula is C15H25NS. The highest BCUT2D eigenvalue weighted by atomic mass is 32.2. The molecule has 0 aliphatic carbocycles. The van der Waals surface area contributed by atoms with Crippen LogP contribution in [-0.4, -0.2) is 18.8 Å². The zero-order chi connectivity index (χ0) is 12.7. The van der Waals surface area contributed by atoms with Gasteiger partial charge in [-0.05, 0) is 50.1 Å². The summed E-state index contributed by atoms with van der Waals surface area (Å²) in [6, 6.07) is 11.3. The fraction of sp³-hybridized carbons (Fsp3) is 0.600. The van der Waals surface area contributed by atoms with E-state index in [-0.39, 0.29) is 0 Å². The molecule has 1 nitrogen and oxygen atoms in total. The summed E-state index contributed by atoms with van der Waals surface area (Å²) in [6.07, 6.45) is 1.28. The van der Waals surface area contributed by atoms with Crippen LogP contribution < -0.4 is 5.32 Å². The fourth-order valence-electron chi connectivity index (χ4n) is 2.20. The van der Waals surface area contributed by atoms with Crippen LogP contribution in [0.5, 0.6) is 0 Å². The Labute approximate surface area is 110 Å². The molecule has 2 unspecified atom stereocenters. The predicted octanol–water partition coefficient (Wildman–Crippen LogP) is 4.05. The Morgan fingerprint density at radius 2 is 1.76 bits per heavy atom. The van der Waals surface area contributed by atoms with E-state index in [0.717, 1.165) is 11.8 Å². The average molecular weight is 251 g/mol. The monoisotopic (exact) mass is 251 g/mol. The first kappa shape index (κ1) is 14.6. The van der Waals surface area contributed by atoms with Gasteiger partial charge in [0.1, 0.15) is 0 Å². The number of benzene rings is 1. The summed E-state index contributed by atoms with van der Waals surface area (Å²) in [6.45, 7) is 6.94. The number of hydrogen-bond acceptors (Lipinski definition) is 2. The summed E-state index contributed by atoms with van der Waals surface area (Å²) in [4.78, 5) is 1.38. The minimum absolute atomic E-state index is 0.603. The van der Waals surface area contributed by atoms with E-state index < -0.39 is 0 Å². The quantitative estimate of drug-likeness (QED) is 0.734. The average Bonchev–Trinajstić information content (AvgIpc) is 2.34. The number of nitrogens with one attached hydrogen (secondary N) is 1. The molecule has 1 N–H and O–H groups in total. The number of hydrogen-bond donors (Lipinski definition) is 1. The summed E-state index contributed by atoms with van der Waals surface area (Å²) in [5.74, 6) is 2.71. The summed E-state index contributed by atoms with van der Waals surface area (Å²) >= 11 is 1.97. The fourth-order valence-corrected chi connectivity index (χ4v) is 3.18. The van der Waals surface area contributed by atoms with Crippen LogP contribution in [0, 0.1) is 11.8 Å². The zero-order valence-corrected chi connectivity index (χ0v) is 12.3. The molecule has 0 saturated heterocycles. The van der Waals surface area contributed by atoms with Gasteiger partial charge in [0.05, 0.1) is 0 Å². The molecule has 0 aliphatic heterocycles. The molecule has 17 heavy (non-hydrogen) atoms. The molecule has 1 aromatic carbocycles. The van der Waals surface area contributed by atoms with E-state index in [4.69, 9.17) is 0 Å². The first-order valence-electron chi connectivity index (χ1n) is 6.50. The van der Waals surface area contributed by atoms with E-state index in [0.29, 0.717) is 6.04 Å². The highest BCUT2D eigenvalue weighted by Gasteiger charge is 2.18. The van der Waals surface area contributed by atoms with E-state index in [2.05, 4.69) is 63.5 Å². The van der Waals surface area contributed by atoms with Crippen molar-refractivity contribution in [2.45, 2.75) is 38.1 Å². The molecule has 2 atom stereocenters. The smallest absolute Gasteiger partial charge is 0.00719 e. The molecule has 0 radical (unpaired) electrons. The van der Waals surface area contributed by atoms with Gasteiger partial charge in [0.25, 0.3) is 0 Å². The Morgan fingerprint density at radius 1 is 1.12 bits per heavy atom. The molecule has 0 saturated carbocycles. The van der Waals surface area contributed by atoms with Gasteiger partial charge in [-0.2, -0.15) is 0 Å². The first-order chi connectivity index (χ1) is 8.15. The van der Waals surface area contributed by atoms with Crippen LogP contribution in [-0.2, 0) is 0 Å². The maximum Gasteiger partial charge on any atom is 0.00719 e. The summed E-state index contributed by atoms with van der Waals surface area (Å²) in [7, 11) is 2.06. The summed E-state index contributed by atoms with van der Waals surface area (Å²) in [5.41, 5.74) is 0. The van der Waals surface area contributed by atoms with E-state index in [1.54, 1.807) is 0 Å². The van der Waals surface area contributed by atoms with Crippen LogP contribution >= 0.6 is 11.8 Å². The van der Waals surface area contributed by atoms with Gasteiger partial charge in [0.15, 0.2) is 0 Å². The van der Waals surface area contributed by atoms with Crippen molar-refractivity contribution in [3.05, 3.63) is 30.3 Å². The molecule has 0 aliphatic rings. The van der Waals surface area contributed by atoms with Crippen molar-refractivity contribution in [1.29, 1.82) is 0 Å². The van der Waals surface area contributed by atoms with Gasteiger partial charge in [-0.15, -0.1) is 11.8 Å². The second kappa shape index (κ2) is 7.78. The number of rotatable bonds is 7. The molecule has 96 valence electrons. The van der Waals surface area contributed by atoms with Crippen molar-refractivity contribution in [2.75, 3.05) is 12.8 Å². The second-order valence-electron chi connectivity index (χ2n) is 4.94. The van der Waals surface area contributed by atoms with Crippen molar-refractivity contribution < 1.29 is 0 Å². The number of thioether (sulfide) groups is 1. The molecule has 2 heteroatoms. The third-order valence-corrected chi connectivity index (χ3v) is 4.46. The Balaban J connectivity index is 2.37. The second-order valence-corrected chi connectivity index (χ2v) is 6.10. The third kappa shape index (κ3) is 5.13. The van der Waals surface area contributed by atoms with Crippen LogP contribution in [0.1, 0.15) is 27.2 Å². The highest BCUT2D eigenvalue weighted by Crippen LogP contribution is 2.25. The normalized spacial score (nSPS) is 14.9. The van der Waals surface area contributed by atoms with Crippen molar-refractivity contribution >= 4 is 11.8 Å². The van der Waals surface area contributed by atoms with Crippen LogP contribution in [0.2, 0.25) is 0 Å². The maximum absolute atomic E-state index is 3.39. The Bertz CT molecular complexity index is 297. The van der Waals surface area contributed by atoms with Gasteiger partial charge in [0, 0.05) is 10.9 Å². The lowest BCUT2D eigenvalue weighted by molar-refractivity contribution is 0.295. The lowest BCUT2D eigenvalue weighted by atomic mass is 9.87. The Kier molecular flexibility index (Phi) is 6.68. The molecule has 1 aromatic rings. The van der Waals surface area contributed by atoms with E-state index in [1.807, 2.05) is 11.8 Å². The molecule has 0 heterocycles. The lowest BCUT2D eigenvalue weighted by Gasteiger charge is -2.27. The molecule has 0 amide bonds. The summed E-state index contributed by atoms with van der Waals surface area (Å²) < 4.78 is 0. The SMILES string of the molecule is CNC(C)C(CCSc1ccccc1)C(C)C. The van der Waals surface area contributed by atoms with Gasteiger partial charge in [-0.1, -0.05) is 32.0 Å². The molecule has 0 aromatic heterocycles. The molecule has 1 rings (SSSR count). The van der Waals surface area contributed by atoms with E-state index in [9.17, 15) is 0 Å². The van der Waals surface area contributed by atoms with Crippen LogP contribution in [0.3, 0.4) is 0 Å². The van der Waals surface area contributed by atoms with Crippen molar-refractivity contribution in [1.82, 2.24) is 5.32 Å². The largest absolute Gasteiger partial charge is 0.317 e.